The first-order valence-corrected chi connectivity index (χ1v) is 8.44. The molecular weight excluding hydrogens is 324 g/mol. The second-order valence-corrected chi connectivity index (χ2v) is 7.68. The van der Waals surface area contributed by atoms with E-state index in [1.165, 1.54) is 11.6 Å². The first kappa shape index (κ1) is 16.5. The van der Waals surface area contributed by atoms with E-state index in [0.717, 1.165) is 23.4 Å². The van der Waals surface area contributed by atoms with Crippen molar-refractivity contribution in [3.63, 3.8) is 0 Å². The topological polar surface area (TPSA) is 30.5 Å². The molecule has 25 heavy (non-hydrogen) atoms. The van der Waals surface area contributed by atoms with Crippen molar-refractivity contribution in [2.75, 3.05) is 12.1 Å². The lowest BCUT2D eigenvalue weighted by atomic mass is 9.82. The Morgan fingerprint density at radius 2 is 1.80 bits per heavy atom. The van der Waals surface area contributed by atoms with Gasteiger partial charge in [-0.25, -0.2) is 8.78 Å². The highest BCUT2D eigenvalue weighted by Crippen LogP contribution is 2.46. The van der Waals surface area contributed by atoms with E-state index in [9.17, 15) is 8.78 Å². The molecule has 2 aliphatic heterocycles. The molecular formula is C20H21F2NO2. The first-order chi connectivity index (χ1) is 11.8. The summed E-state index contributed by atoms with van der Waals surface area (Å²) in [5.74, 6) is -0.926. The lowest BCUT2D eigenvalue weighted by Gasteiger charge is -2.36. The third-order valence-corrected chi connectivity index (χ3v) is 4.96. The lowest BCUT2D eigenvalue weighted by molar-refractivity contribution is 0.0365. The minimum absolute atomic E-state index is 0.00943. The van der Waals surface area contributed by atoms with Gasteiger partial charge in [0.1, 0.15) is 30.6 Å². The van der Waals surface area contributed by atoms with Crippen molar-refractivity contribution in [2.24, 2.45) is 0 Å². The number of anilines is 1. The molecule has 2 aromatic rings. The molecule has 5 heteroatoms. The van der Waals surface area contributed by atoms with Crippen LogP contribution in [-0.4, -0.2) is 12.9 Å². The fourth-order valence-corrected chi connectivity index (χ4v) is 3.56. The van der Waals surface area contributed by atoms with Gasteiger partial charge >= 0.3 is 0 Å². The van der Waals surface area contributed by atoms with Crippen molar-refractivity contribution in [3.05, 3.63) is 64.7 Å². The number of nitrogens with one attached hydrogen (secondary N) is 1. The van der Waals surface area contributed by atoms with Crippen LogP contribution < -0.4 is 5.32 Å². The predicted octanol–water partition coefficient (Wildman–Crippen LogP) is 4.84. The summed E-state index contributed by atoms with van der Waals surface area (Å²) in [5.41, 5.74) is 3.33. The molecule has 0 aliphatic carbocycles. The molecule has 0 saturated carbocycles. The molecule has 3 nitrogen and oxygen atoms in total. The fourth-order valence-electron chi connectivity index (χ4n) is 3.56. The Morgan fingerprint density at radius 3 is 2.56 bits per heavy atom. The third kappa shape index (κ3) is 2.81. The Morgan fingerprint density at radius 1 is 1.00 bits per heavy atom. The first-order valence-electron chi connectivity index (χ1n) is 8.44. The second kappa shape index (κ2) is 5.78. The maximum atomic E-state index is 14.3. The molecule has 2 heterocycles. The van der Waals surface area contributed by atoms with E-state index in [-0.39, 0.29) is 23.9 Å². The standard InChI is InChI=1S/C20H21F2NO2/c1-20(2,3)11-4-7-16-14(8-11)18-19(25-10-24-18)17(23-16)13-9-12(21)5-6-15(13)22/h4-9,17-19,23H,10H2,1-3H3. The van der Waals surface area contributed by atoms with E-state index in [1.54, 1.807) is 0 Å². The van der Waals surface area contributed by atoms with E-state index in [1.807, 2.05) is 6.07 Å². The summed E-state index contributed by atoms with van der Waals surface area (Å²) in [6, 6.07) is 9.15. The van der Waals surface area contributed by atoms with Crippen LogP contribution in [0.4, 0.5) is 14.5 Å². The van der Waals surface area contributed by atoms with E-state index in [4.69, 9.17) is 9.47 Å². The Bertz CT molecular complexity index is 816. The van der Waals surface area contributed by atoms with Gasteiger partial charge in [-0.15, -0.1) is 0 Å². The van der Waals surface area contributed by atoms with Gasteiger partial charge in [-0.05, 0) is 35.2 Å². The zero-order chi connectivity index (χ0) is 17.8. The van der Waals surface area contributed by atoms with Gasteiger partial charge in [0, 0.05) is 16.8 Å². The lowest BCUT2D eigenvalue weighted by Crippen LogP contribution is -2.35. The molecule has 132 valence electrons. The summed E-state index contributed by atoms with van der Waals surface area (Å²) in [6.45, 7) is 6.60. The van der Waals surface area contributed by atoms with Gasteiger partial charge in [-0.1, -0.05) is 32.9 Å². The molecule has 0 radical (unpaired) electrons. The summed E-state index contributed by atoms with van der Waals surface area (Å²) in [4.78, 5) is 0. The zero-order valence-electron chi connectivity index (χ0n) is 14.5. The van der Waals surface area contributed by atoms with Crippen LogP contribution in [0.3, 0.4) is 0 Å². The van der Waals surface area contributed by atoms with E-state index in [2.05, 4.69) is 38.2 Å². The average molecular weight is 345 g/mol. The molecule has 1 N–H and O–H groups in total. The van der Waals surface area contributed by atoms with E-state index in [0.29, 0.717) is 0 Å². The van der Waals surface area contributed by atoms with E-state index < -0.39 is 23.8 Å². The number of rotatable bonds is 1. The largest absolute Gasteiger partial charge is 0.375 e. The van der Waals surface area contributed by atoms with Crippen LogP contribution in [-0.2, 0) is 14.9 Å². The van der Waals surface area contributed by atoms with Gasteiger partial charge in [-0.2, -0.15) is 0 Å². The highest BCUT2D eigenvalue weighted by molar-refractivity contribution is 5.59. The molecule has 3 atom stereocenters. The predicted molar refractivity (Wildman–Crippen MR) is 91.4 cm³/mol. The Kier molecular flexibility index (Phi) is 3.81. The number of halogens is 2. The van der Waals surface area contributed by atoms with E-state index >= 15 is 0 Å². The maximum Gasteiger partial charge on any atom is 0.148 e. The summed E-state index contributed by atoms with van der Waals surface area (Å²) in [6.07, 6.45) is -0.703. The zero-order valence-corrected chi connectivity index (χ0v) is 14.5. The SMILES string of the molecule is CC(C)(C)c1ccc2c(c1)C1OCOC1C(c1cc(F)ccc1F)N2. The van der Waals surface area contributed by atoms with Gasteiger partial charge in [0.15, 0.2) is 0 Å². The number of hydrogen-bond donors (Lipinski definition) is 1. The molecule has 1 saturated heterocycles. The van der Waals surface area contributed by atoms with Gasteiger partial charge in [0.05, 0.1) is 6.04 Å². The number of fused-ring (bicyclic) bond motifs is 3. The second-order valence-electron chi connectivity index (χ2n) is 7.68. The van der Waals surface area contributed by atoms with Crippen molar-refractivity contribution in [2.45, 2.75) is 44.4 Å². The van der Waals surface area contributed by atoms with Crippen molar-refractivity contribution < 1.29 is 18.3 Å². The third-order valence-electron chi connectivity index (χ3n) is 4.96. The van der Waals surface area contributed by atoms with Crippen LogP contribution in [0.25, 0.3) is 0 Å². The molecule has 2 aliphatic rings. The highest BCUT2D eigenvalue weighted by atomic mass is 19.1. The van der Waals surface area contributed by atoms with Crippen molar-refractivity contribution in [1.82, 2.24) is 0 Å². The Labute approximate surface area is 146 Å². The highest BCUT2D eigenvalue weighted by Gasteiger charge is 2.44. The van der Waals surface area contributed by atoms with Crippen LogP contribution in [0.15, 0.2) is 36.4 Å². The molecule has 0 spiro atoms. The van der Waals surface area contributed by atoms with Crippen molar-refractivity contribution >= 4 is 5.69 Å². The smallest absolute Gasteiger partial charge is 0.148 e. The molecule has 3 unspecified atom stereocenters. The summed E-state index contributed by atoms with van der Waals surface area (Å²) < 4.78 is 39.5. The number of ether oxygens (including phenoxy) is 2. The molecule has 0 bridgehead atoms. The van der Waals surface area contributed by atoms with Gasteiger partial charge in [0.2, 0.25) is 0 Å². The minimum atomic E-state index is -0.504. The maximum absolute atomic E-state index is 14.3. The fraction of sp³-hybridized carbons (Fsp3) is 0.400. The minimum Gasteiger partial charge on any atom is -0.375 e. The van der Waals surface area contributed by atoms with Crippen LogP contribution >= 0.6 is 0 Å². The Hall–Kier alpha value is -1.98. The van der Waals surface area contributed by atoms with Gasteiger partial charge in [-0.3, -0.25) is 0 Å². The summed E-state index contributed by atoms with van der Waals surface area (Å²) >= 11 is 0. The van der Waals surface area contributed by atoms with Gasteiger partial charge < -0.3 is 14.8 Å². The van der Waals surface area contributed by atoms with Crippen molar-refractivity contribution in [1.29, 1.82) is 0 Å². The normalized spacial score (nSPS) is 25.2. The number of benzene rings is 2. The van der Waals surface area contributed by atoms with Crippen LogP contribution in [0.1, 0.15) is 49.6 Å². The van der Waals surface area contributed by atoms with Gasteiger partial charge in [0.25, 0.3) is 0 Å². The molecule has 0 amide bonds. The molecule has 0 aromatic heterocycles. The average Bonchev–Trinajstić information content (AvgIpc) is 3.05. The van der Waals surface area contributed by atoms with Crippen LogP contribution in [0.2, 0.25) is 0 Å². The summed E-state index contributed by atoms with van der Waals surface area (Å²) in [5, 5.41) is 3.32. The summed E-state index contributed by atoms with van der Waals surface area (Å²) in [7, 11) is 0. The van der Waals surface area contributed by atoms with Crippen molar-refractivity contribution in [3.8, 4) is 0 Å². The Balaban J connectivity index is 1.79. The molecule has 1 fully saturated rings. The molecule has 2 aromatic carbocycles. The molecule has 4 rings (SSSR count). The quantitative estimate of drug-likeness (QED) is 0.802. The monoisotopic (exact) mass is 345 g/mol. The van der Waals surface area contributed by atoms with Crippen LogP contribution in [0.5, 0.6) is 0 Å². The number of hydrogen-bond acceptors (Lipinski definition) is 3. The van der Waals surface area contributed by atoms with Crippen LogP contribution in [0, 0.1) is 11.6 Å².